The zero-order valence-electron chi connectivity index (χ0n) is 14.8. The fourth-order valence-corrected chi connectivity index (χ4v) is 4.14. The standard InChI is InChI=1S/C18H27N5O2/c1-23-6-4-14-13(11-23)9-20-17(22-14)10-21-18(24)12-2-3-16-15(8-12)19-5-7-25-16/h9,12,15-16,19H,2-8,10-11H2,1H3,(H,21,24)/t12-,15+,16+/m0/s1. The first-order valence-electron chi connectivity index (χ1n) is 9.34. The predicted octanol–water partition coefficient (Wildman–Crippen LogP) is 0.238. The van der Waals surface area contributed by atoms with Crippen LogP contribution in [0.1, 0.15) is 36.3 Å². The van der Waals surface area contributed by atoms with Crippen LogP contribution in [0.15, 0.2) is 6.20 Å². The first kappa shape index (κ1) is 16.9. The van der Waals surface area contributed by atoms with E-state index in [-0.39, 0.29) is 17.9 Å². The highest BCUT2D eigenvalue weighted by Crippen LogP contribution is 2.28. The van der Waals surface area contributed by atoms with Gasteiger partial charge in [-0.2, -0.15) is 0 Å². The summed E-state index contributed by atoms with van der Waals surface area (Å²) in [6, 6.07) is 0.315. The molecule has 3 heterocycles. The molecule has 1 amide bonds. The first-order chi connectivity index (χ1) is 12.2. The molecule has 3 aliphatic rings. The van der Waals surface area contributed by atoms with E-state index in [1.165, 1.54) is 5.56 Å². The number of morpholine rings is 1. The highest BCUT2D eigenvalue weighted by Gasteiger charge is 2.35. The minimum Gasteiger partial charge on any atom is -0.375 e. The molecule has 0 unspecified atom stereocenters. The Balaban J connectivity index is 1.31. The number of fused-ring (bicyclic) bond motifs is 2. The monoisotopic (exact) mass is 345 g/mol. The summed E-state index contributed by atoms with van der Waals surface area (Å²) in [6.45, 7) is 4.00. The third kappa shape index (κ3) is 3.83. The molecule has 1 aromatic heterocycles. The Morgan fingerprint density at radius 2 is 2.40 bits per heavy atom. The average molecular weight is 345 g/mol. The summed E-state index contributed by atoms with van der Waals surface area (Å²) in [5, 5.41) is 6.52. The second-order valence-corrected chi connectivity index (χ2v) is 7.44. The van der Waals surface area contributed by atoms with Crippen molar-refractivity contribution >= 4 is 5.91 Å². The molecule has 2 fully saturated rings. The van der Waals surface area contributed by atoms with Crippen molar-refractivity contribution in [1.82, 2.24) is 25.5 Å². The van der Waals surface area contributed by atoms with Crippen molar-refractivity contribution in [3.05, 3.63) is 23.3 Å². The van der Waals surface area contributed by atoms with Gasteiger partial charge < -0.3 is 20.3 Å². The lowest BCUT2D eigenvalue weighted by Gasteiger charge is -2.39. The van der Waals surface area contributed by atoms with E-state index in [0.717, 1.165) is 57.6 Å². The Bertz CT molecular complexity index is 638. The lowest BCUT2D eigenvalue weighted by atomic mass is 9.82. The van der Waals surface area contributed by atoms with Crippen molar-refractivity contribution in [3.8, 4) is 0 Å². The SMILES string of the molecule is CN1CCc2nc(CNC(=O)[C@H]3CC[C@H]4OCCN[C@@H]4C3)ncc2C1. The number of carbonyl (C=O) groups is 1. The van der Waals surface area contributed by atoms with Gasteiger partial charge in [-0.1, -0.05) is 0 Å². The second-order valence-electron chi connectivity index (χ2n) is 7.44. The molecule has 1 saturated heterocycles. The van der Waals surface area contributed by atoms with Gasteiger partial charge in [0, 0.05) is 55.5 Å². The Morgan fingerprint density at radius 3 is 3.32 bits per heavy atom. The molecule has 2 N–H and O–H groups in total. The van der Waals surface area contributed by atoms with Crippen molar-refractivity contribution in [2.24, 2.45) is 5.92 Å². The van der Waals surface area contributed by atoms with Crippen LogP contribution in [-0.4, -0.2) is 59.7 Å². The van der Waals surface area contributed by atoms with E-state index >= 15 is 0 Å². The number of aromatic nitrogens is 2. The molecule has 2 aliphatic heterocycles. The Morgan fingerprint density at radius 1 is 1.48 bits per heavy atom. The molecule has 4 rings (SSSR count). The highest BCUT2D eigenvalue weighted by molar-refractivity contribution is 5.78. The summed E-state index contributed by atoms with van der Waals surface area (Å²) in [5.74, 6) is 0.887. The van der Waals surface area contributed by atoms with Gasteiger partial charge in [-0.3, -0.25) is 4.79 Å². The Kier molecular flexibility index (Phi) is 4.96. The molecule has 0 spiro atoms. The third-order valence-corrected chi connectivity index (χ3v) is 5.59. The molecule has 25 heavy (non-hydrogen) atoms. The van der Waals surface area contributed by atoms with Crippen LogP contribution in [0.25, 0.3) is 0 Å². The zero-order valence-corrected chi connectivity index (χ0v) is 14.8. The summed E-state index contributed by atoms with van der Waals surface area (Å²) in [4.78, 5) is 23.9. The second kappa shape index (κ2) is 7.35. The number of carbonyl (C=O) groups excluding carboxylic acids is 1. The lowest BCUT2D eigenvalue weighted by molar-refractivity contribution is -0.128. The lowest BCUT2D eigenvalue weighted by Crippen LogP contribution is -2.53. The number of ether oxygens (including phenoxy) is 1. The minimum atomic E-state index is 0.0572. The minimum absolute atomic E-state index is 0.0572. The van der Waals surface area contributed by atoms with E-state index in [1.807, 2.05) is 6.20 Å². The molecule has 7 heteroatoms. The number of hydrogen-bond donors (Lipinski definition) is 2. The van der Waals surface area contributed by atoms with Gasteiger partial charge in [-0.15, -0.1) is 0 Å². The zero-order chi connectivity index (χ0) is 17.2. The molecule has 7 nitrogen and oxygen atoms in total. The van der Waals surface area contributed by atoms with Gasteiger partial charge in [0.2, 0.25) is 5.91 Å². The Labute approximate surface area is 148 Å². The van der Waals surface area contributed by atoms with Crippen LogP contribution < -0.4 is 10.6 Å². The van der Waals surface area contributed by atoms with E-state index in [0.29, 0.717) is 18.4 Å². The van der Waals surface area contributed by atoms with E-state index in [1.54, 1.807) is 0 Å². The highest BCUT2D eigenvalue weighted by atomic mass is 16.5. The maximum Gasteiger partial charge on any atom is 0.223 e. The summed E-state index contributed by atoms with van der Waals surface area (Å²) in [7, 11) is 2.11. The number of amides is 1. The molecule has 136 valence electrons. The smallest absolute Gasteiger partial charge is 0.223 e. The van der Waals surface area contributed by atoms with Gasteiger partial charge in [0.05, 0.1) is 19.3 Å². The largest absolute Gasteiger partial charge is 0.375 e. The summed E-state index contributed by atoms with van der Waals surface area (Å²) < 4.78 is 5.78. The fourth-order valence-electron chi connectivity index (χ4n) is 4.14. The van der Waals surface area contributed by atoms with Gasteiger partial charge in [0.25, 0.3) is 0 Å². The molecule has 0 aromatic carbocycles. The molecular weight excluding hydrogens is 318 g/mol. The van der Waals surface area contributed by atoms with Crippen LogP contribution >= 0.6 is 0 Å². The van der Waals surface area contributed by atoms with Crippen molar-refractivity contribution in [3.63, 3.8) is 0 Å². The van der Waals surface area contributed by atoms with Crippen molar-refractivity contribution in [2.75, 3.05) is 26.7 Å². The van der Waals surface area contributed by atoms with Crippen LogP contribution in [0.5, 0.6) is 0 Å². The number of nitrogens with one attached hydrogen (secondary N) is 2. The van der Waals surface area contributed by atoms with E-state index in [2.05, 4.69) is 32.5 Å². The van der Waals surface area contributed by atoms with E-state index < -0.39 is 0 Å². The molecule has 0 radical (unpaired) electrons. The molecule has 0 bridgehead atoms. The van der Waals surface area contributed by atoms with Crippen LogP contribution in [0.2, 0.25) is 0 Å². The van der Waals surface area contributed by atoms with Gasteiger partial charge in [-0.25, -0.2) is 9.97 Å². The Hall–Kier alpha value is -1.57. The topological polar surface area (TPSA) is 79.4 Å². The van der Waals surface area contributed by atoms with Gasteiger partial charge in [0.15, 0.2) is 0 Å². The van der Waals surface area contributed by atoms with E-state index in [9.17, 15) is 4.79 Å². The summed E-state index contributed by atoms with van der Waals surface area (Å²) >= 11 is 0. The van der Waals surface area contributed by atoms with Crippen molar-refractivity contribution in [1.29, 1.82) is 0 Å². The molecule has 1 aliphatic carbocycles. The maximum absolute atomic E-state index is 12.5. The quantitative estimate of drug-likeness (QED) is 0.817. The first-order valence-corrected chi connectivity index (χ1v) is 9.34. The average Bonchev–Trinajstić information content (AvgIpc) is 2.65. The number of nitrogens with zero attached hydrogens (tertiary/aromatic N) is 3. The molecule has 1 aromatic rings. The number of hydrogen-bond acceptors (Lipinski definition) is 6. The van der Waals surface area contributed by atoms with Gasteiger partial charge in [-0.05, 0) is 26.3 Å². The van der Waals surface area contributed by atoms with Crippen LogP contribution in [0.4, 0.5) is 0 Å². The third-order valence-electron chi connectivity index (χ3n) is 5.59. The number of likely N-dealkylation sites (N-methyl/N-ethyl adjacent to an activating group) is 1. The van der Waals surface area contributed by atoms with Crippen molar-refractivity contribution < 1.29 is 9.53 Å². The van der Waals surface area contributed by atoms with Crippen molar-refractivity contribution in [2.45, 2.75) is 50.9 Å². The molecule has 1 saturated carbocycles. The molecular formula is C18H27N5O2. The summed E-state index contributed by atoms with van der Waals surface area (Å²) in [6.07, 6.45) is 5.85. The predicted molar refractivity (Wildman–Crippen MR) is 92.8 cm³/mol. The fraction of sp³-hybridized carbons (Fsp3) is 0.722. The van der Waals surface area contributed by atoms with Crippen LogP contribution in [0.3, 0.4) is 0 Å². The number of rotatable bonds is 3. The molecule has 3 atom stereocenters. The van der Waals surface area contributed by atoms with Crippen LogP contribution in [-0.2, 0) is 29.0 Å². The van der Waals surface area contributed by atoms with Crippen LogP contribution in [0, 0.1) is 5.92 Å². The van der Waals surface area contributed by atoms with E-state index in [4.69, 9.17) is 4.74 Å². The maximum atomic E-state index is 12.5. The van der Waals surface area contributed by atoms with Gasteiger partial charge >= 0.3 is 0 Å². The normalized spacial score (nSPS) is 29.6. The summed E-state index contributed by atoms with van der Waals surface area (Å²) in [5.41, 5.74) is 2.33. The van der Waals surface area contributed by atoms with Gasteiger partial charge in [0.1, 0.15) is 5.82 Å².